The summed E-state index contributed by atoms with van der Waals surface area (Å²) in [5, 5.41) is 6.77. The first kappa shape index (κ1) is 19.6. The zero-order chi connectivity index (χ0) is 21.1. The number of methoxy groups -OCH3 is 1. The summed E-state index contributed by atoms with van der Waals surface area (Å²) in [6, 6.07) is 14.4. The van der Waals surface area contributed by atoms with Crippen LogP contribution in [0.4, 0.5) is 11.4 Å². The molecule has 0 aliphatic carbocycles. The molecule has 3 aromatic rings. The summed E-state index contributed by atoms with van der Waals surface area (Å²) in [6.45, 7) is 2.30. The van der Waals surface area contributed by atoms with E-state index >= 15 is 0 Å². The molecule has 1 aromatic heterocycles. The third-order valence-corrected chi connectivity index (χ3v) is 5.06. The van der Waals surface area contributed by atoms with Crippen LogP contribution < -0.4 is 15.0 Å². The lowest BCUT2D eigenvalue weighted by Crippen LogP contribution is -2.28. The van der Waals surface area contributed by atoms with Gasteiger partial charge in [0, 0.05) is 36.3 Å². The number of nitrogens with zero attached hydrogens (tertiary/aromatic N) is 3. The fourth-order valence-electron chi connectivity index (χ4n) is 3.35. The highest BCUT2D eigenvalue weighted by Gasteiger charge is 2.35. The summed E-state index contributed by atoms with van der Waals surface area (Å²) in [5.41, 5.74) is 2.18. The van der Waals surface area contributed by atoms with Crippen molar-refractivity contribution in [3.05, 3.63) is 54.4 Å². The summed E-state index contributed by atoms with van der Waals surface area (Å²) >= 11 is 0. The number of carbonyl (C=O) groups is 2. The Morgan fingerprint density at radius 3 is 2.57 bits per heavy atom. The Bertz CT molecular complexity index is 1040. The molecule has 1 atom stereocenters. The Morgan fingerprint density at radius 1 is 1.20 bits per heavy atom. The van der Waals surface area contributed by atoms with Gasteiger partial charge in [0.25, 0.3) is 5.89 Å². The van der Waals surface area contributed by atoms with Crippen LogP contribution in [-0.2, 0) is 16.0 Å². The first-order valence-corrected chi connectivity index (χ1v) is 9.75. The first-order chi connectivity index (χ1) is 14.6. The van der Waals surface area contributed by atoms with Gasteiger partial charge in [0.15, 0.2) is 5.82 Å². The molecular formula is C22H22N4O4. The van der Waals surface area contributed by atoms with E-state index in [4.69, 9.17) is 9.26 Å². The molecule has 0 spiro atoms. The van der Waals surface area contributed by atoms with Crippen molar-refractivity contribution in [3.8, 4) is 17.2 Å². The smallest absolute Gasteiger partial charge is 0.257 e. The summed E-state index contributed by atoms with van der Waals surface area (Å²) in [4.78, 5) is 31.0. The second-order valence-corrected chi connectivity index (χ2v) is 7.04. The summed E-state index contributed by atoms with van der Waals surface area (Å²) in [6.07, 6.45) is 0.878. The van der Waals surface area contributed by atoms with E-state index in [0.29, 0.717) is 30.4 Å². The van der Waals surface area contributed by atoms with Gasteiger partial charge in [0.2, 0.25) is 11.8 Å². The number of anilines is 2. The van der Waals surface area contributed by atoms with Crippen LogP contribution in [0.25, 0.3) is 11.5 Å². The van der Waals surface area contributed by atoms with Gasteiger partial charge in [0.1, 0.15) is 5.75 Å². The van der Waals surface area contributed by atoms with Gasteiger partial charge < -0.3 is 19.5 Å². The number of nitrogens with one attached hydrogen (secondary N) is 1. The molecule has 1 N–H and O–H groups in total. The molecule has 4 rings (SSSR count). The molecule has 0 saturated carbocycles. The Labute approximate surface area is 173 Å². The highest BCUT2D eigenvalue weighted by atomic mass is 16.5. The molecule has 0 unspecified atom stereocenters. The predicted molar refractivity (Wildman–Crippen MR) is 111 cm³/mol. The molecule has 0 bridgehead atoms. The fourth-order valence-corrected chi connectivity index (χ4v) is 3.35. The lowest BCUT2D eigenvalue weighted by atomic mass is 10.1. The van der Waals surface area contributed by atoms with E-state index in [2.05, 4.69) is 15.5 Å². The number of carbonyl (C=O) groups excluding carboxylic acids is 2. The molecule has 2 amide bonds. The van der Waals surface area contributed by atoms with E-state index in [1.165, 1.54) is 0 Å². The molecule has 30 heavy (non-hydrogen) atoms. The van der Waals surface area contributed by atoms with Crippen molar-refractivity contribution in [1.82, 2.24) is 10.1 Å². The monoisotopic (exact) mass is 406 g/mol. The predicted octanol–water partition coefficient (Wildman–Crippen LogP) is 3.30. The summed E-state index contributed by atoms with van der Waals surface area (Å²) in [7, 11) is 1.59. The largest absolute Gasteiger partial charge is 0.497 e. The van der Waals surface area contributed by atoms with E-state index < -0.39 is 5.92 Å². The van der Waals surface area contributed by atoms with Gasteiger partial charge in [-0.2, -0.15) is 4.98 Å². The van der Waals surface area contributed by atoms with Crippen LogP contribution in [0.15, 0.2) is 53.1 Å². The number of hydrogen-bond donors (Lipinski definition) is 1. The molecule has 2 heterocycles. The maximum absolute atomic E-state index is 12.7. The molecule has 1 saturated heterocycles. The van der Waals surface area contributed by atoms with Crippen LogP contribution in [0.2, 0.25) is 0 Å². The number of aromatic nitrogens is 2. The Morgan fingerprint density at radius 2 is 1.93 bits per heavy atom. The van der Waals surface area contributed by atoms with Gasteiger partial charge in [-0.15, -0.1) is 0 Å². The van der Waals surface area contributed by atoms with Crippen molar-refractivity contribution in [2.45, 2.75) is 19.8 Å². The summed E-state index contributed by atoms with van der Waals surface area (Å²) in [5.74, 6) is 1.14. The average Bonchev–Trinajstić information content (AvgIpc) is 3.41. The fraction of sp³-hybridized carbons (Fsp3) is 0.273. The highest BCUT2D eigenvalue weighted by Crippen LogP contribution is 2.28. The van der Waals surface area contributed by atoms with Gasteiger partial charge in [0.05, 0.1) is 13.0 Å². The van der Waals surface area contributed by atoms with Crippen LogP contribution in [0.1, 0.15) is 19.2 Å². The van der Waals surface area contributed by atoms with Crippen LogP contribution in [0, 0.1) is 5.92 Å². The number of aryl methyl sites for hydroxylation is 1. The maximum atomic E-state index is 12.7. The Balaban J connectivity index is 1.39. The van der Waals surface area contributed by atoms with Crippen molar-refractivity contribution in [3.63, 3.8) is 0 Å². The molecule has 1 fully saturated rings. The SMILES string of the molecule is CCc1noc(-c2ccc(NC(=O)[C@@H]3CC(=O)N(c4ccc(OC)cc4)C3)cc2)n1. The third-order valence-electron chi connectivity index (χ3n) is 5.06. The van der Waals surface area contributed by atoms with Crippen molar-refractivity contribution in [2.75, 3.05) is 23.9 Å². The minimum absolute atomic E-state index is 0.0706. The van der Waals surface area contributed by atoms with Gasteiger partial charge in [-0.25, -0.2) is 0 Å². The Hall–Kier alpha value is -3.68. The normalized spacial score (nSPS) is 16.0. The zero-order valence-corrected chi connectivity index (χ0v) is 16.8. The topological polar surface area (TPSA) is 97.6 Å². The number of amides is 2. The molecular weight excluding hydrogens is 384 g/mol. The van der Waals surface area contributed by atoms with Crippen molar-refractivity contribution in [1.29, 1.82) is 0 Å². The molecule has 1 aliphatic rings. The van der Waals surface area contributed by atoms with Crippen molar-refractivity contribution in [2.24, 2.45) is 5.92 Å². The van der Waals surface area contributed by atoms with E-state index in [1.54, 1.807) is 36.3 Å². The molecule has 154 valence electrons. The highest BCUT2D eigenvalue weighted by molar-refractivity contribution is 6.03. The van der Waals surface area contributed by atoms with Gasteiger partial charge in [-0.1, -0.05) is 12.1 Å². The number of ether oxygens (including phenoxy) is 1. The quantitative estimate of drug-likeness (QED) is 0.675. The van der Waals surface area contributed by atoms with Gasteiger partial charge in [-0.05, 0) is 48.5 Å². The van der Waals surface area contributed by atoms with Gasteiger partial charge >= 0.3 is 0 Å². The molecule has 1 aliphatic heterocycles. The number of rotatable bonds is 6. The lowest BCUT2D eigenvalue weighted by molar-refractivity contribution is -0.122. The second-order valence-electron chi connectivity index (χ2n) is 7.04. The molecule has 0 radical (unpaired) electrons. The minimum Gasteiger partial charge on any atom is -0.497 e. The van der Waals surface area contributed by atoms with Crippen LogP contribution in [0.3, 0.4) is 0 Å². The van der Waals surface area contributed by atoms with E-state index in [-0.39, 0.29) is 18.2 Å². The minimum atomic E-state index is -0.415. The Kier molecular flexibility index (Phi) is 5.47. The maximum Gasteiger partial charge on any atom is 0.257 e. The van der Waals surface area contributed by atoms with Gasteiger partial charge in [-0.3, -0.25) is 9.59 Å². The van der Waals surface area contributed by atoms with Crippen molar-refractivity contribution < 1.29 is 18.8 Å². The van der Waals surface area contributed by atoms with Crippen molar-refractivity contribution >= 4 is 23.2 Å². The molecule has 8 nitrogen and oxygen atoms in total. The molecule has 2 aromatic carbocycles. The van der Waals surface area contributed by atoms with E-state index in [9.17, 15) is 9.59 Å². The lowest BCUT2D eigenvalue weighted by Gasteiger charge is -2.17. The standard InChI is InChI=1S/C22H22N4O4/c1-3-19-24-22(30-25-19)14-4-6-16(7-5-14)23-21(28)15-12-20(27)26(13-15)17-8-10-18(29-2)11-9-17/h4-11,15H,3,12-13H2,1-2H3,(H,23,28)/t15-/m1/s1. The number of benzene rings is 2. The van der Waals surface area contributed by atoms with Crippen LogP contribution in [0.5, 0.6) is 5.75 Å². The van der Waals surface area contributed by atoms with E-state index in [1.807, 2.05) is 31.2 Å². The van der Waals surface area contributed by atoms with Crippen LogP contribution in [-0.4, -0.2) is 35.6 Å². The first-order valence-electron chi connectivity index (χ1n) is 9.75. The number of hydrogen-bond acceptors (Lipinski definition) is 6. The van der Waals surface area contributed by atoms with Crippen LogP contribution >= 0.6 is 0 Å². The second kappa shape index (κ2) is 8.36. The summed E-state index contributed by atoms with van der Waals surface area (Å²) < 4.78 is 10.4. The van der Waals surface area contributed by atoms with E-state index in [0.717, 1.165) is 17.0 Å². The zero-order valence-electron chi connectivity index (χ0n) is 16.8. The third kappa shape index (κ3) is 4.03. The molecule has 8 heteroatoms. The average molecular weight is 406 g/mol.